The van der Waals surface area contributed by atoms with Crippen molar-refractivity contribution in [2.45, 2.75) is 32.4 Å². The summed E-state index contributed by atoms with van der Waals surface area (Å²) < 4.78 is 10.7. The average molecular weight is 325 g/mol. The number of fused-ring (bicyclic) bond motifs is 2. The number of likely N-dealkylation sites (tertiary alicyclic amines) is 1. The maximum Gasteiger partial charge on any atom is 0.248 e. The fraction of sp³-hybridized carbons (Fsp3) is 0.941. The molecule has 1 spiro atoms. The number of morpholine rings is 1. The Balaban J connectivity index is 1.70. The Bertz CT molecular complexity index is 443. The van der Waals surface area contributed by atoms with Gasteiger partial charge >= 0.3 is 0 Å². The molecule has 3 aliphatic heterocycles. The van der Waals surface area contributed by atoms with Crippen molar-refractivity contribution in [1.82, 2.24) is 14.7 Å². The summed E-state index contributed by atoms with van der Waals surface area (Å²) in [4.78, 5) is 19.5. The largest absolute Gasteiger partial charge is 0.378 e. The minimum atomic E-state index is 0.103. The molecule has 0 N–H and O–H groups in total. The molecular weight excluding hydrogens is 294 g/mol. The second-order valence-corrected chi connectivity index (χ2v) is 8.56. The lowest BCUT2D eigenvalue weighted by molar-refractivity contribution is -0.178. The zero-order chi connectivity index (χ0) is 16.7. The Kier molecular flexibility index (Phi) is 4.71. The van der Waals surface area contributed by atoms with Crippen LogP contribution in [0.3, 0.4) is 0 Å². The Morgan fingerprint density at radius 1 is 1.30 bits per heavy atom. The molecule has 0 aromatic rings. The third kappa shape index (κ3) is 3.55. The maximum atomic E-state index is 12.3. The van der Waals surface area contributed by atoms with Gasteiger partial charge in [-0.15, -0.1) is 0 Å². The SMILES string of the molecule is COCC(=O)N1C[C@@H]2COCCN2C2(CN(CC(C)(C)C)C2)C1. The number of piperazine rings is 1. The highest BCUT2D eigenvalue weighted by Gasteiger charge is 2.54. The number of carbonyl (C=O) groups is 1. The lowest BCUT2D eigenvalue weighted by Gasteiger charge is -2.64. The first-order valence-corrected chi connectivity index (χ1v) is 8.67. The van der Waals surface area contributed by atoms with Crippen LogP contribution in [-0.4, -0.2) is 98.4 Å². The van der Waals surface area contributed by atoms with E-state index >= 15 is 0 Å². The van der Waals surface area contributed by atoms with Crippen LogP contribution in [0.5, 0.6) is 0 Å². The van der Waals surface area contributed by atoms with E-state index in [1.54, 1.807) is 7.11 Å². The average Bonchev–Trinajstić information content (AvgIpc) is 2.44. The molecule has 0 aromatic heterocycles. The number of hydrogen-bond acceptors (Lipinski definition) is 5. The molecule has 0 aromatic carbocycles. The van der Waals surface area contributed by atoms with Crippen molar-refractivity contribution in [2.75, 3.05) is 66.2 Å². The fourth-order valence-corrected chi connectivity index (χ4v) is 4.45. The quantitative estimate of drug-likeness (QED) is 0.746. The molecular formula is C17H31N3O3. The Morgan fingerprint density at radius 3 is 2.70 bits per heavy atom. The maximum absolute atomic E-state index is 12.3. The fourth-order valence-electron chi connectivity index (χ4n) is 4.45. The van der Waals surface area contributed by atoms with E-state index in [1.807, 2.05) is 4.90 Å². The molecule has 3 aliphatic rings. The van der Waals surface area contributed by atoms with Crippen molar-refractivity contribution in [3.63, 3.8) is 0 Å². The molecule has 1 atom stereocenters. The second kappa shape index (κ2) is 6.31. The first-order valence-electron chi connectivity index (χ1n) is 8.67. The zero-order valence-corrected chi connectivity index (χ0v) is 15.0. The van der Waals surface area contributed by atoms with E-state index in [9.17, 15) is 4.79 Å². The Hall–Kier alpha value is -0.690. The number of hydrogen-bond donors (Lipinski definition) is 0. The highest BCUT2D eigenvalue weighted by atomic mass is 16.5. The van der Waals surface area contributed by atoms with Crippen LogP contribution in [0.15, 0.2) is 0 Å². The van der Waals surface area contributed by atoms with Crippen LogP contribution >= 0.6 is 0 Å². The summed E-state index contributed by atoms with van der Waals surface area (Å²) in [6.07, 6.45) is 0. The predicted octanol–water partition coefficient (Wildman–Crippen LogP) is 0.276. The minimum absolute atomic E-state index is 0.103. The van der Waals surface area contributed by atoms with Crippen LogP contribution in [0, 0.1) is 5.41 Å². The summed E-state index contributed by atoms with van der Waals surface area (Å²) in [5.41, 5.74) is 0.424. The monoisotopic (exact) mass is 325 g/mol. The van der Waals surface area contributed by atoms with Crippen LogP contribution in [0.25, 0.3) is 0 Å². The first-order chi connectivity index (χ1) is 10.8. The van der Waals surface area contributed by atoms with E-state index in [-0.39, 0.29) is 18.1 Å². The van der Waals surface area contributed by atoms with Crippen LogP contribution in [0.1, 0.15) is 20.8 Å². The van der Waals surface area contributed by atoms with Gasteiger partial charge in [-0.05, 0) is 5.41 Å². The summed E-state index contributed by atoms with van der Waals surface area (Å²) in [6, 6.07) is 0.329. The standard InChI is InChI=1S/C17H31N3O3/c1-16(2,3)10-18-11-17(12-18)13-19(15(21)9-22-4)7-14-8-23-6-5-20(14)17/h14H,5-13H2,1-4H3/t14-/m1/s1. The van der Waals surface area contributed by atoms with Crippen molar-refractivity contribution in [1.29, 1.82) is 0 Å². The van der Waals surface area contributed by atoms with Gasteiger partial charge in [-0.3, -0.25) is 14.6 Å². The third-order valence-electron chi connectivity index (χ3n) is 5.11. The molecule has 132 valence electrons. The number of ether oxygens (including phenoxy) is 2. The van der Waals surface area contributed by atoms with Gasteiger partial charge in [-0.2, -0.15) is 0 Å². The number of carbonyl (C=O) groups excluding carboxylic acids is 1. The van der Waals surface area contributed by atoms with Crippen LogP contribution in [0.4, 0.5) is 0 Å². The number of amides is 1. The van der Waals surface area contributed by atoms with Crippen LogP contribution in [-0.2, 0) is 14.3 Å². The molecule has 3 rings (SSSR count). The normalized spacial score (nSPS) is 28.5. The molecule has 0 bridgehead atoms. The van der Waals surface area contributed by atoms with Gasteiger partial charge in [0, 0.05) is 46.4 Å². The van der Waals surface area contributed by atoms with E-state index in [0.29, 0.717) is 11.5 Å². The molecule has 6 heteroatoms. The molecule has 0 saturated carbocycles. The molecule has 1 amide bonds. The Labute approximate surface area is 139 Å². The van der Waals surface area contributed by atoms with Gasteiger partial charge in [-0.1, -0.05) is 20.8 Å². The smallest absolute Gasteiger partial charge is 0.248 e. The summed E-state index contributed by atoms with van der Waals surface area (Å²) >= 11 is 0. The topological polar surface area (TPSA) is 45.2 Å². The van der Waals surface area contributed by atoms with Crippen LogP contribution < -0.4 is 0 Å². The van der Waals surface area contributed by atoms with Crippen molar-refractivity contribution in [3.8, 4) is 0 Å². The van der Waals surface area contributed by atoms with Gasteiger partial charge in [0.2, 0.25) is 5.91 Å². The highest BCUT2D eigenvalue weighted by Crippen LogP contribution is 2.37. The molecule has 6 nitrogen and oxygen atoms in total. The molecule has 0 radical (unpaired) electrons. The van der Waals surface area contributed by atoms with Gasteiger partial charge in [0.05, 0.1) is 24.8 Å². The van der Waals surface area contributed by atoms with Crippen molar-refractivity contribution >= 4 is 5.91 Å². The van der Waals surface area contributed by atoms with Crippen LogP contribution in [0.2, 0.25) is 0 Å². The lowest BCUT2D eigenvalue weighted by atomic mass is 9.81. The molecule has 0 unspecified atom stereocenters. The summed E-state index contributed by atoms with van der Waals surface area (Å²) in [5, 5.41) is 0. The van der Waals surface area contributed by atoms with Crippen molar-refractivity contribution < 1.29 is 14.3 Å². The summed E-state index contributed by atoms with van der Waals surface area (Å²) in [6.45, 7) is 14.4. The Morgan fingerprint density at radius 2 is 2.04 bits per heavy atom. The highest BCUT2D eigenvalue weighted by molar-refractivity contribution is 5.77. The number of rotatable bonds is 3. The van der Waals surface area contributed by atoms with Gasteiger partial charge < -0.3 is 14.4 Å². The van der Waals surface area contributed by atoms with E-state index in [2.05, 4.69) is 30.6 Å². The van der Waals surface area contributed by atoms with Gasteiger partial charge in [0.15, 0.2) is 0 Å². The molecule has 3 fully saturated rings. The van der Waals surface area contributed by atoms with Gasteiger partial charge in [-0.25, -0.2) is 0 Å². The van der Waals surface area contributed by atoms with E-state index in [4.69, 9.17) is 9.47 Å². The third-order valence-corrected chi connectivity index (χ3v) is 5.11. The zero-order valence-electron chi connectivity index (χ0n) is 15.0. The molecule has 0 aliphatic carbocycles. The molecule has 3 heterocycles. The van der Waals surface area contributed by atoms with Gasteiger partial charge in [0.25, 0.3) is 0 Å². The minimum Gasteiger partial charge on any atom is -0.378 e. The van der Waals surface area contributed by atoms with Crippen molar-refractivity contribution in [2.24, 2.45) is 5.41 Å². The summed E-state index contributed by atoms with van der Waals surface area (Å²) in [5.74, 6) is 0.103. The van der Waals surface area contributed by atoms with Gasteiger partial charge in [0.1, 0.15) is 6.61 Å². The van der Waals surface area contributed by atoms with E-state index in [0.717, 1.165) is 52.5 Å². The number of methoxy groups -OCH3 is 1. The van der Waals surface area contributed by atoms with Crippen molar-refractivity contribution in [3.05, 3.63) is 0 Å². The number of nitrogens with zero attached hydrogens (tertiary/aromatic N) is 3. The summed E-state index contributed by atoms with van der Waals surface area (Å²) in [7, 11) is 1.59. The second-order valence-electron chi connectivity index (χ2n) is 8.56. The predicted molar refractivity (Wildman–Crippen MR) is 88.4 cm³/mol. The first kappa shape index (κ1) is 17.1. The van der Waals surface area contributed by atoms with E-state index < -0.39 is 0 Å². The lowest BCUT2D eigenvalue weighted by Crippen LogP contribution is -2.81. The molecule has 23 heavy (non-hydrogen) atoms. The van der Waals surface area contributed by atoms with E-state index in [1.165, 1.54) is 0 Å². The molecule has 3 saturated heterocycles.